The van der Waals surface area contributed by atoms with Crippen LogP contribution < -0.4 is 10.5 Å². The largest absolute Gasteiger partial charge is 0.497 e. The van der Waals surface area contributed by atoms with Gasteiger partial charge in [0.05, 0.1) is 24.5 Å². The molecule has 2 aliphatic rings. The molecule has 6 nitrogen and oxygen atoms in total. The van der Waals surface area contributed by atoms with Crippen LogP contribution in [-0.4, -0.2) is 55.1 Å². The van der Waals surface area contributed by atoms with E-state index in [0.717, 1.165) is 54.1 Å². The second-order valence-corrected chi connectivity index (χ2v) is 7.82. The summed E-state index contributed by atoms with van der Waals surface area (Å²) in [6, 6.07) is 18.1. The summed E-state index contributed by atoms with van der Waals surface area (Å²) < 4.78 is 5.31. The molecule has 2 aromatic carbocycles. The molecule has 30 heavy (non-hydrogen) atoms. The van der Waals surface area contributed by atoms with E-state index in [0.29, 0.717) is 5.56 Å². The highest BCUT2D eigenvalue weighted by Gasteiger charge is 2.30. The van der Waals surface area contributed by atoms with Crippen LogP contribution in [0.4, 0.5) is 0 Å². The summed E-state index contributed by atoms with van der Waals surface area (Å²) in [6.07, 6.45) is 4.08. The molecule has 1 atom stereocenters. The van der Waals surface area contributed by atoms with Gasteiger partial charge in [-0.2, -0.15) is 5.26 Å². The van der Waals surface area contributed by atoms with E-state index in [1.54, 1.807) is 7.11 Å². The lowest BCUT2D eigenvalue weighted by atomic mass is 9.94. The molecular weight excluding hydrogens is 374 g/mol. The van der Waals surface area contributed by atoms with E-state index in [1.807, 2.05) is 36.4 Å². The molecule has 154 valence electrons. The molecule has 2 aromatic rings. The Kier molecular flexibility index (Phi) is 5.84. The van der Waals surface area contributed by atoms with Gasteiger partial charge in [0.25, 0.3) is 0 Å². The molecule has 0 aromatic heterocycles. The van der Waals surface area contributed by atoms with Crippen molar-refractivity contribution in [3.05, 3.63) is 71.4 Å². The van der Waals surface area contributed by atoms with Crippen LogP contribution in [0.2, 0.25) is 0 Å². The Bertz CT molecular complexity index is 980. The van der Waals surface area contributed by atoms with Crippen LogP contribution in [0, 0.1) is 11.3 Å². The predicted octanol–water partition coefficient (Wildman–Crippen LogP) is 3.05. The third-order valence-electron chi connectivity index (χ3n) is 5.79. The van der Waals surface area contributed by atoms with Gasteiger partial charge in [0.2, 0.25) is 0 Å². The van der Waals surface area contributed by atoms with Crippen molar-refractivity contribution in [1.29, 1.82) is 5.26 Å². The van der Waals surface area contributed by atoms with Gasteiger partial charge in [-0.3, -0.25) is 4.90 Å². The smallest absolute Gasteiger partial charge is 0.178 e. The molecule has 1 fully saturated rings. The predicted molar refractivity (Wildman–Crippen MR) is 119 cm³/mol. The van der Waals surface area contributed by atoms with Crippen LogP contribution in [0.3, 0.4) is 0 Å². The summed E-state index contributed by atoms with van der Waals surface area (Å²) in [7, 11) is 3.74. The van der Waals surface area contributed by atoms with Gasteiger partial charge in [-0.05, 0) is 42.7 Å². The lowest BCUT2D eigenvalue weighted by Gasteiger charge is -2.41. The number of nitrogens with zero attached hydrogens (tertiary/aromatic N) is 4. The van der Waals surface area contributed by atoms with Gasteiger partial charge in [-0.1, -0.05) is 24.3 Å². The Labute approximate surface area is 177 Å². The zero-order valence-electron chi connectivity index (χ0n) is 17.5. The number of methoxy groups -OCH3 is 1. The molecule has 0 bridgehead atoms. The molecule has 2 N–H and O–H groups in total. The van der Waals surface area contributed by atoms with Gasteiger partial charge in [-0.15, -0.1) is 0 Å². The van der Waals surface area contributed by atoms with Gasteiger partial charge < -0.3 is 15.4 Å². The van der Waals surface area contributed by atoms with Gasteiger partial charge in [0, 0.05) is 43.5 Å². The van der Waals surface area contributed by atoms with Crippen molar-refractivity contribution in [3.63, 3.8) is 0 Å². The number of hydrogen-bond donors (Lipinski definition) is 1. The fraction of sp³-hybridized carbons (Fsp3) is 0.333. The van der Waals surface area contributed by atoms with Crippen molar-refractivity contribution in [1.82, 2.24) is 9.80 Å². The number of rotatable bonds is 4. The van der Waals surface area contributed by atoms with E-state index in [-0.39, 0.29) is 12.3 Å². The minimum absolute atomic E-state index is 0.0647. The molecule has 2 aliphatic heterocycles. The standard InChI is InChI=1S/C24H27N5O/c1-28-16-22(18-7-9-21(30-2)10-8-18)23(19-5-3-17(15-25)4-6-19)27-24(28)29-13-11-20(26)12-14-29/h3-10,16,20,24H,11-14,26H2,1-2H3. The summed E-state index contributed by atoms with van der Waals surface area (Å²) in [5, 5.41) is 9.16. The van der Waals surface area contributed by atoms with Crippen molar-refractivity contribution in [2.45, 2.75) is 25.2 Å². The first-order chi connectivity index (χ1) is 14.6. The maximum atomic E-state index is 9.16. The van der Waals surface area contributed by atoms with Gasteiger partial charge >= 0.3 is 0 Å². The van der Waals surface area contributed by atoms with Crippen LogP contribution in [0.1, 0.15) is 29.5 Å². The number of likely N-dealkylation sites (tertiary alicyclic amines) is 1. The maximum Gasteiger partial charge on any atom is 0.178 e. The number of nitrogens with two attached hydrogens (primary N) is 1. The number of aliphatic imine (C=N–C) groups is 1. The lowest BCUT2D eigenvalue weighted by molar-refractivity contribution is 0.0743. The second kappa shape index (κ2) is 8.70. The molecule has 1 unspecified atom stereocenters. The highest BCUT2D eigenvalue weighted by atomic mass is 16.5. The Balaban J connectivity index is 1.73. The van der Waals surface area contributed by atoms with Crippen molar-refractivity contribution in [2.24, 2.45) is 10.7 Å². The van der Waals surface area contributed by atoms with E-state index >= 15 is 0 Å². The number of hydrogen-bond acceptors (Lipinski definition) is 6. The molecule has 0 amide bonds. The minimum Gasteiger partial charge on any atom is -0.497 e. The zero-order valence-corrected chi connectivity index (χ0v) is 17.5. The zero-order chi connectivity index (χ0) is 21.1. The summed E-state index contributed by atoms with van der Waals surface area (Å²) in [6.45, 7) is 1.87. The fourth-order valence-electron chi connectivity index (χ4n) is 4.01. The van der Waals surface area contributed by atoms with Crippen LogP contribution in [0.5, 0.6) is 5.75 Å². The minimum atomic E-state index is -0.0647. The summed E-state index contributed by atoms with van der Waals surface area (Å²) in [5.41, 5.74) is 10.8. The molecule has 2 heterocycles. The first-order valence-corrected chi connectivity index (χ1v) is 10.3. The topological polar surface area (TPSA) is 77.9 Å². The van der Waals surface area contributed by atoms with Crippen molar-refractivity contribution in [2.75, 3.05) is 27.2 Å². The molecule has 6 heteroatoms. The normalized spacial score (nSPS) is 20.3. The maximum absolute atomic E-state index is 9.16. The second-order valence-electron chi connectivity index (χ2n) is 7.82. The van der Waals surface area contributed by atoms with Gasteiger partial charge in [-0.25, -0.2) is 4.99 Å². The quantitative estimate of drug-likeness (QED) is 0.852. The van der Waals surface area contributed by atoms with E-state index in [9.17, 15) is 0 Å². The highest BCUT2D eigenvalue weighted by molar-refractivity contribution is 6.32. The number of allylic oxidation sites excluding steroid dienone is 1. The Hall–Kier alpha value is -3.14. The number of benzene rings is 2. The molecular formula is C24H27N5O. The summed E-state index contributed by atoms with van der Waals surface area (Å²) >= 11 is 0. The first kappa shape index (κ1) is 20.1. The van der Waals surface area contributed by atoms with E-state index in [2.05, 4.69) is 41.2 Å². The summed E-state index contributed by atoms with van der Waals surface area (Å²) in [4.78, 5) is 9.74. The molecule has 0 saturated carbocycles. The van der Waals surface area contributed by atoms with Crippen LogP contribution in [0.25, 0.3) is 5.57 Å². The molecule has 4 rings (SSSR count). The molecule has 1 saturated heterocycles. The van der Waals surface area contributed by atoms with Crippen molar-refractivity contribution >= 4 is 11.3 Å². The Morgan fingerprint density at radius 1 is 1.03 bits per heavy atom. The average Bonchev–Trinajstić information content (AvgIpc) is 2.80. The number of nitriles is 1. The van der Waals surface area contributed by atoms with E-state index in [4.69, 9.17) is 20.7 Å². The van der Waals surface area contributed by atoms with Crippen molar-refractivity contribution in [3.8, 4) is 11.8 Å². The molecule has 0 radical (unpaired) electrons. The Morgan fingerprint density at radius 3 is 2.27 bits per heavy atom. The third-order valence-corrected chi connectivity index (χ3v) is 5.79. The number of ether oxygens (including phenoxy) is 1. The SMILES string of the molecule is COc1ccc(C2=CN(C)C(N3CCC(N)CC3)N=C2c2ccc(C#N)cc2)cc1. The first-order valence-electron chi connectivity index (χ1n) is 10.3. The van der Waals surface area contributed by atoms with Gasteiger partial charge in [0.15, 0.2) is 6.29 Å². The monoisotopic (exact) mass is 401 g/mol. The van der Waals surface area contributed by atoms with Crippen LogP contribution in [-0.2, 0) is 0 Å². The molecule has 0 aliphatic carbocycles. The van der Waals surface area contributed by atoms with E-state index in [1.165, 1.54) is 0 Å². The summed E-state index contributed by atoms with van der Waals surface area (Å²) in [5.74, 6) is 0.822. The fourth-order valence-corrected chi connectivity index (χ4v) is 4.01. The highest BCUT2D eigenvalue weighted by Crippen LogP contribution is 2.29. The van der Waals surface area contributed by atoms with E-state index < -0.39 is 0 Å². The number of piperidine rings is 1. The van der Waals surface area contributed by atoms with Crippen LogP contribution in [0.15, 0.2) is 59.7 Å². The Morgan fingerprint density at radius 2 is 1.67 bits per heavy atom. The van der Waals surface area contributed by atoms with Gasteiger partial charge in [0.1, 0.15) is 5.75 Å². The average molecular weight is 402 g/mol. The molecule has 0 spiro atoms. The van der Waals surface area contributed by atoms with Crippen LogP contribution >= 0.6 is 0 Å². The van der Waals surface area contributed by atoms with Crippen molar-refractivity contribution < 1.29 is 4.74 Å². The third kappa shape index (κ3) is 4.09. The lowest BCUT2D eigenvalue weighted by Crippen LogP contribution is -2.51.